The van der Waals surface area contributed by atoms with Gasteiger partial charge in [0.25, 0.3) is 5.89 Å². The molecule has 0 aliphatic carbocycles. The van der Waals surface area contributed by atoms with E-state index in [0.717, 1.165) is 17.3 Å². The van der Waals surface area contributed by atoms with Crippen molar-refractivity contribution < 1.29 is 22.4 Å². The van der Waals surface area contributed by atoms with Gasteiger partial charge in [0.2, 0.25) is 5.82 Å². The Morgan fingerprint density at radius 1 is 1.31 bits per heavy atom. The molecule has 0 aromatic carbocycles. The van der Waals surface area contributed by atoms with Crippen LogP contribution >= 0.6 is 23.2 Å². The predicted molar refractivity (Wildman–Crippen MR) is 113 cm³/mol. The molecule has 3 rings (SSSR count). The first-order valence-corrected chi connectivity index (χ1v) is 9.94. The zero-order valence-electron chi connectivity index (χ0n) is 16.6. The molecule has 0 atom stereocenters. The maximum atomic E-state index is 12.4. The Hall–Kier alpha value is -3.11. The highest BCUT2D eigenvalue weighted by molar-refractivity contribution is 6.29. The zero-order valence-corrected chi connectivity index (χ0v) is 18.1. The molecule has 0 unspecified atom stereocenters. The Balaban J connectivity index is 1.82. The number of hydrogen-bond donors (Lipinski definition) is 0. The van der Waals surface area contributed by atoms with E-state index in [0.29, 0.717) is 23.0 Å². The van der Waals surface area contributed by atoms with Gasteiger partial charge in [-0.2, -0.15) is 10.1 Å². The number of halogens is 5. The van der Waals surface area contributed by atoms with E-state index in [1.165, 1.54) is 12.2 Å². The summed E-state index contributed by atoms with van der Waals surface area (Å²) in [7, 11) is 0. The van der Waals surface area contributed by atoms with Crippen LogP contribution < -0.4 is 0 Å². The summed E-state index contributed by atoms with van der Waals surface area (Å²) < 4.78 is 48.0. The summed E-state index contributed by atoms with van der Waals surface area (Å²) in [6.07, 6.45) is 0.477. The smallest absolute Gasteiger partial charge is 0.409 e. The van der Waals surface area contributed by atoms with Gasteiger partial charge in [0.1, 0.15) is 10.9 Å². The maximum absolute atomic E-state index is 12.4. The Morgan fingerprint density at radius 3 is 2.75 bits per heavy atom. The van der Waals surface area contributed by atoms with Crippen LogP contribution in [-0.2, 0) is 11.3 Å². The predicted octanol–water partition coefficient (Wildman–Crippen LogP) is 5.57. The van der Waals surface area contributed by atoms with Crippen LogP contribution in [0, 0.1) is 6.92 Å². The first kappa shape index (κ1) is 23.6. The molecule has 0 spiro atoms. The van der Waals surface area contributed by atoms with Crippen molar-refractivity contribution in [3.05, 3.63) is 77.2 Å². The van der Waals surface area contributed by atoms with Crippen LogP contribution in [0.2, 0.25) is 5.15 Å². The number of ether oxygens (including phenoxy) is 1. The normalized spacial score (nSPS) is 12.8. The highest BCUT2D eigenvalue weighted by Gasteiger charge is 2.31. The van der Waals surface area contributed by atoms with Crippen LogP contribution in [-0.4, -0.2) is 37.1 Å². The Morgan fingerprint density at radius 2 is 2.09 bits per heavy atom. The van der Waals surface area contributed by atoms with Crippen molar-refractivity contribution in [2.24, 2.45) is 0 Å². The number of aromatic nitrogens is 5. The fourth-order valence-corrected chi connectivity index (χ4v) is 2.94. The number of rotatable bonds is 8. The van der Waals surface area contributed by atoms with Gasteiger partial charge in [0, 0.05) is 17.5 Å². The molecule has 12 heteroatoms. The molecule has 0 saturated heterocycles. The molecule has 168 valence electrons. The molecule has 7 nitrogen and oxygen atoms in total. The summed E-state index contributed by atoms with van der Waals surface area (Å²) in [5, 5.41) is 8.70. The second kappa shape index (κ2) is 10.0. The summed E-state index contributed by atoms with van der Waals surface area (Å²) in [6.45, 7) is 5.94. The molecular formula is C20H16Cl2F3N5O2. The number of aryl methyl sites for hydroxylation is 1. The summed E-state index contributed by atoms with van der Waals surface area (Å²) in [5.41, 5.74) is 2.48. The third kappa shape index (κ3) is 6.21. The van der Waals surface area contributed by atoms with Crippen molar-refractivity contribution in [1.82, 2.24) is 24.9 Å². The molecule has 32 heavy (non-hydrogen) atoms. The minimum atomic E-state index is -4.85. The van der Waals surface area contributed by atoms with Gasteiger partial charge < -0.3 is 9.26 Å². The molecule has 0 radical (unpaired) electrons. The first-order valence-electron chi connectivity index (χ1n) is 9.03. The summed E-state index contributed by atoms with van der Waals surface area (Å²) >= 11 is 11.4. The van der Waals surface area contributed by atoms with Gasteiger partial charge in [-0.25, -0.2) is 4.98 Å². The van der Waals surface area contributed by atoms with Gasteiger partial charge >= 0.3 is 6.36 Å². The molecule has 0 N–H and O–H groups in total. The molecule has 3 aromatic heterocycles. The van der Waals surface area contributed by atoms with E-state index in [-0.39, 0.29) is 11.7 Å². The van der Waals surface area contributed by atoms with E-state index in [2.05, 4.69) is 31.5 Å². The quantitative estimate of drug-likeness (QED) is 0.179. The van der Waals surface area contributed by atoms with Crippen LogP contribution in [0.4, 0.5) is 13.2 Å². The highest BCUT2D eigenvalue weighted by atomic mass is 35.5. The maximum Gasteiger partial charge on any atom is 0.572 e. The standard InChI is InChI=1S/C20H16Cl2F3N5O2/c1-3-14(4-5-15(10-21)31-20(23,24)25)18-27-19(32-29-18)16-8-12(2)30(28-16)11-13-6-7-26-17(22)9-13/h3-9H,1,10-11H2,2H3. The average Bonchev–Trinajstić information content (AvgIpc) is 3.34. The zero-order chi connectivity index (χ0) is 23.3. The monoisotopic (exact) mass is 485 g/mol. The molecule has 0 aliphatic heterocycles. The van der Waals surface area contributed by atoms with Gasteiger partial charge in [0.05, 0.1) is 12.4 Å². The van der Waals surface area contributed by atoms with Gasteiger partial charge in [-0.15, -0.1) is 24.8 Å². The van der Waals surface area contributed by atoms with E-state index >= 15 is 0 Å². The molecule has 0 bridgehead atoms. The average molecular weight is 486 g/mol. The van der Waals surface area contributed by atoms with Crippen LogP contribution in [0.3, 0.4) is 0 Å². The number of alkyl halides is 4. The lowest BCUT2D eigenvalue weighted by Gasteiger charge is -2.09. The van der Waals surface area contributed by atoms with Gasteiger partial charge in [0.15, 0.2) is 5.69 Å². The molecule has 0 aliphatic rings. The first-order chi connectivity index (χ1) is 15.2. The molecule has 0 amide bonds. The van der Waals surface area contributed by atoms with Crippen molar-refractivity contribution in [2.45, 2.75) is 19.8 Å². The van der Waals surface area contributed by atoms with E-state index < -0.39 is 18.0 Å². The summed E-state index contributed by atoms with van der Waals surface area (Å²) in [4.78, 5) is 8.20. The summed E-state index contributed by atoms with van der Waals surface area (Å²) in [5.74, 6) is -0.722. The second-order valence-electron chi connectivity index (χ2n) is 6.38. The second-order valence-corrected chi connectivity index (χ2v) is 7.03. The van der Waals surface area contributed by atoms with Gasteiger partial charge in [-0.1, -0.05) is 29.4 Å². The van der Waals surface area contributed by atoms with Crippen LogP contribution in [0.5, 0.6) is 0 Å². The van der Waals surface area contributed by atoms with E-state index in [9.17, 15) is 13.2 Å². The van der Waals surface area contributed by atoms with Crippen molar-refractivity contribution in [1.29, 1.82) is 0 Å². The number of hydrogen-bond acceptors (Lipinski definition) is 6. The van der Waals surface area contributed by atoms with E-state index in [4.69, 9.17) is 27.7 Å². The SMILES string of the molecule is C=CC(=CC=C(CCl)OC(F)(F)F)c1noc(-c2cc(C)n(Cc3ccnc(Cl)c3)n2)n1. The van der Waals surface area contributed by atoms with Crippen molar-refractivity contribution in [2.75, 3.05) is 5.88 Å². The lowest BCUT2D eigenvalue weighted by Crippen LogP contribution is -2.13. The number of pyridine rings is 1. The lowest BCUT2D eigenvalue weighted by atomic mass is 10.2. The highest BCUT2D eigenvalue weighted by Crippen LogP contribution is 2.24. The van der Waals surface area contributed by atoms with Crippen LogP contribution in [0.1, 0.15) is 17.1 Å². The van der Waals surface area contributed by atoms with Crippen LogP contribution in [0.15, 0.2) is 59.5 Å². The Labute approximate surface area is 190 Å². The molecule has 3 aromatic rings. The molecule has 0 fully saturated rings. The van der Waals surface area contributed by atoms with Crippen LogP contribution in [0.25, 0.3) is 17.2 Å². The van der Waals surface area contributed by atoms with Crippen molar-refractivity contribution in [3.63, 3.8) is 0 Å². The number of nitrogens with zero attached hydrogens (tertiary/aromatic N) is 5. The topological polar surface area (TPSA) is 78.9 Å². The minimum absolute atomic E-state index is 0.111. The number of allylic oxidation sites excluding steroid dienone is 5. The van der Waals surface area contributed by atoms with Crippen molar-refractivity contribution in [3.8, 4) is 11.6 Å². The van der Waals surface area contributed by atoms with E-state index in [1.807, 2.05) is 13.0 Å². The summed E-state index contributed by atoms with van der Waals surface area (Å²) in [6, 6.07) is 5.32. The fourth-order valence-electron chi connectivity index (χ4n) is 2.60. The van der Waals surface area contributed by atoms with E-state index in [1.54, 1.807) is 23.0 Å². The molecule has 3 heterocycles. The third-order valence-electron chi connectivity index (χ3n) is 4.06. The largest absolute Gasteiger partial charge is 0.572 e. The minimum Gasteiger partial charge on any atom is -0.409 e. The lowest BCUT2D eigenvalue weighted by molar-refractivity contribution is -0.304. The molecular weight excluding hydrogens is 470 g/mol. The van der Waals surface area contributed by atoms with Gasteiger partial charge in [-0.05, 0) is 42.8 Å². The van der Waals surface area contributed by atoms with Gasteiger partial charge in [-0.3, -0.25) is 4.68 Å². The third-order valence-corrected chi connectivity index (χ3v) is 4.53. The Kier molecular flexibility index (Phi) is 7.37. The van der Waals surface area contributed by atoms with Crippen molar-refractivity contribution >= 4 is 28.8 Å². The fraction of sp³-hybridized carbons (Fsp3) is 0.200. The Bertz CT molecular complexity index is 1170. The molecule has 0 saturated carbocycles.